The number of urea groups is 1. The monoisotopic (exact) mass is 352 g/mol. The summed E-state index contributed by atoms with van der Waals surface area (Å²) in [5.41, 5.74) is 1.74. The first-order valence-electron chi connectivity index (χ1n) is 8.08. The van der Waals surface area contributed by atoms with Gasteiger partial charge in [0.05, 0.1) is 31.1 Å². The molecule has 1 saturated heterocycles. The summed E-state index contributed by atoms with van der Waals surface area (Å²) in [4.78, 5) is 25.7. The molecule has 7 nitrogen and oxygen atoms in total. The molecule has 3 amide bonds. The number of nitrogens with zero attached hydrogens (tertiary/aromatic N) is 1. The summed E-state index contributed by atoms with van der Waals surface area (Å²) in [6.45, 7) is 2.90. The Bertz CT molecular complexity index is 615. The van der Waals surface area contributed by atoms with Crippen molar-refractivity contribution in [1.82, 2.24) is 10.6 Å². The predicted octanol–water partition coefficient (Wildman–Crippen LogP) is 1.58. The summed E-state index contributed by atoms with van der Waals surface area (Å²) in [6.07, 6.45) is 1.95. The first-order valence-corrected chi connectivity index (χ1v) is 8.46. The second kappa shape index (κ2) is 7.72. The molecule has 8 heteroatoms. The third-order valence-corrected chi connectivity index (χ3v) is 4.15. The summed E-state index contributed by atoms with van der Waals surface area (Å²) in [5, 5.41) is 8.68. The highest BCUT2D eigenvalue weighted by Gasteiger charge is 2.24. The van der Waals surface area contributed by atoms with Crippen molar-refractivity contribution in [3.8, 4) is 0 Å². The van der Waals surface area contributed by atoms with Gasteiger partial charge < -0.3 is 20.3 Å². The summed E-state index contributed by atoms with van der Waals surface area (Å²) in [6, 6.07) is 5.30. The Balaban J connectivity index is 1.57. The molecule has 24 heavy (non-hydrogen) atoms. The lowest BCUT2D eigenvalue weighted by Gasteiger charge is -2.30. The van der Waals surface area contributed by atoms with Gasteiger partial charge in [0.1, 0.15) is 0 Å². The molecule has 130 valence electrons. The third kappa shape index (κ3) is 4.75. The number of nitrogens with one attached hydrogen (secondary N) is 3. The molecule has 1 aliphatic carbocycles. The molecule has 0 radical (unpaired) electrons. The maximum atomic E-state index is 11.9. The van der Waals surface area contributed by atoms with Crippen LogP contribution in [0.25, 0.3) is 0 Å². The van der Waals surface area contributed by atoms with E-state index < -0.39 is 6.03 Å². The van der Waals surface area contributed by atoms with E-state index in [-0.39, 0.29) is 18.5 Å². The molecule has 0 aromatic heterocycles. The summed E-state index contributed by atoms with van der Waals surface area (Å²) < 4.78 is 5.37. The first-order chi connectivity index (χ1) is 11.6. The van der Waals surface area contributed by atoms with Crippen molar-refractivity contribution in [3.63, 3.8) is 0 Å². The Morgan fingerprint density at radius 3 is 2.71 bits per heavy atom. The van der Waals surface area contributed by atoms with Crippen LogP contribution >= 0.6 is 11.6 Å². The van der Waals surface area contributed by atoms with Crippen LogP contribution in [0.4, 0.5) is 16.2 Å². The first kappa shape index (κ1) is 16.9. The van der Waals surface area contributed by atoms with Gasteiger partial charge in [-0.25, -0.2) is 4.79 Å². The highest BCUT2D eigenvalue weighted by atomic mass is 35.5. The molecule has 3 N–H and O–H groups in total. The van der Waals surface area contributed by atoms with Crippen LogP contribution in [0.3, 0.4) is 0 Å². The molecule has 3 rings (SSSR count). The second-order valence-corrected chi connectivity index (χ2v) is 6.35. The third-order valence-electron chi connectivity index (χ3n) is 3.92. The van der Waals surface area contributed by atoms with Crippen molar-refractivity contribution >= 4 is 34.9 Å². The normalized spacial score (nSPS) is 17.3. The van der Waals surface area contributed by atoms with Gasteiger partial charge in [-0.3, -0.25) is 10.1 Å². The number of rotatable bonds is 5. The van der Waals surface area contributed by atoms with Gasteiger partial charge in [-0.1, -0.05) is 11.6 Å². The number of hydrogen-bond donors (Lipinski definition) is 3. The molecule has 1 aromatic carbocycles. The molecular weight excluding hydrogens is 332 g/mol. The molecule has 2 aliphatic rings. The number of benzene rings is 1. The van der Waals surface area contributed by atoms with Gasteiger partial charge in [-0.2, -0.15) is 0 Å². The van der Waals surface area contributed by atoms with Gasteiger partial charge in [0.15, 0.2) is 0 Å². The average Bonchev–Trinajstić information content (AvgIpc) is 3.37. The van der Waals surface area contributed by atoms with Crippen molar-refractivity contribution in [1.29, 1.82) is 0 Å². The minimum absolute atomic E-state index is 0.00420. The lowest BCUT2D eigenvalue weighted by atomic mass is 10.2. The highest BCUT2D eigenvalue weighted by molar-refractivity contribution is 6.31. The van der Waals surface area contributed by atoms with E-state index in [1.54, 1.807) is 6.07 Å². The number of anilines is 2. The Kier molecular flexibility index (Phi) is 5.42. The second-order valence-electron chi connectivity index (χ2n) is 5.91. The van der Waals surface area contributed by atoms with Crippen LogP contribution in [0.2, 0.25) is 5.02 Å². The molecule has 0 atom stereocenters. The minimum Gasteiger partial charge on any atom is -0.378 e. The van der Waals surface area contributed by atoms with E-state index in [9.17, 15) is 9.59 Å². The van der Waals surface area contributed by atoms with Gasteiger partial charge in [0.25, 0.3) is 0 Å². The van der Waals surface area contributed by atoms with E-state index in [1.807, 2.05) is 12.1 Å². The minimum atomic E-state index is -0.441. The number of amides is 3. The smallest absolute Gasteiger partial charge is 0.321 e. The molecule has 1 saturated carbocycles. The molecule has 1 heterocycles. The van der Waals surface area contributed by atoms with E-state index in [0.717, 1.165) is 37.3 Å². The number of imide groups is 1. The van der Waals surface area contributed by atoms with Crippen LogP contribution in [-0.2, 0) is 9.53 Å². The maximum Gasteiger partial charge on any atom is 0.321 e. The fourth-order valence-corrected chi connectivity index (χ4v) is 2.70. The zero-order valence-corrected chi connectivity index (χ0v) is 14.1. The van der Waals surface area contributed by atoms with Crippen molar-refractivity contribution in [2.75, 3.05) is 43.1 Å². The lowest BCUT2D eigenvalue weighted by molar-refractivity contribution is -0.118. The summed E-state index contributed by atoms with van der Waals surface area (Å²) in [7, 11) is 0. The van der Waals surface area contributed by atoms with Gasteiger partial charge in [0, 0.05) is 24.2 Å². The summed E-state index contributed by atoms with van der Waals surface area (Å²) >= 11 is 6.07. The van der Waals surface area contributed by atoms with E-state index in [1.165, 1.54) is 0 Å². The molecular formula is C16H21ClN4O3. The standard InChI is InChI=1S/C16H21ClN4O3/c17-11-1-4-14(21-5-7-24-8-6-21)13(9-11)18-10-15(22)20-16(23)19-12-2-3-12/h1,4,9,12,18H,2-3,5-8,10H2,(H2,19,20,22,23). The van der Waals surface area contributed by atoms with Crippen molar-refractivity contribution in [2.45, 2.75) is 18.9 Å². The van der Waals surface area contributed by atoms with Crippen LogP contribution in [0.15, 0.2) is 18.2 Å². The fourth-order valence-electron chi connectivity index (χ4n) is 2.53. The van der Waals surface area contributed by atoms with Crippen molar-refractivity contribution in [3.05, 3.63) is 23.2 Å². The van der Waals surface area contributed by atoms with E-state index in [0.29, 0.717) is 18.2 Å². The topological polar surface area (TPSA) is 82.7 Å². The number of carbonyl (C=O) groups excluding carboxylic acids is 2. The van der Waals surface area contributed by atoms with E-state index >= 15 is 0 Å². The van der Waals surface area contributed by atoms with Crippen LogP contribution in [0, 0.1) is 0 Å². The molecule has 2 fully saturated rings. The van der Waals surface area contributed by atoms with Crippen LogP contribution in [0.5, 0.6) is 0 Å². The zero-order valence-electron chi connectivity index (χ0n) is 13.3. The molecule has 1 aromatic rings. The molecule has 1 aliphatic heterocycles. The number of carbonyl (C=O) groups is 2. The maximum absolute atomic E-state index is 11.9. The molecule has 0 bridgehead atoms. The van der Waals surface area contributed by atoms with Crippen LogP contribution in [-0.4, -0.2) is 50.8 Å². The highest BCUT2D eigenvalue weighted by Crippen LogP contribution is 2.29. The number of hydrogen-bond acceptors (Lipinski definition) is 5. The Labute approximate surface area is 145 Å². The number of halogens is 1. The molecule has 0 unspecified atom stereocenters. The van der Waals surface area contributed by atoms with Crippen LogP contribution in [0.1, 0.15) is 12.8 Å². The number of ether oxygens (including phenoxy) is 1. The Hall–Kier alpha value is -1.99. The van der Waals surface area contributed by atoms with Crippen molar-refractivity contribution < 1.29 is 14.3 Å². The average molecular weight is 353 g/mol. The van der Waals surface area contributed by atoms with Gasteiger partial charge in [-0.15, -0.1) is 0 Å². The van der Waals surface area contributed by atoms with Gasteiger partial charge in [-0.05, 0) is 31.0 Å². The SMILES string of the molecule is O=C(CNc1cc(Cl)ccc1N1CCOCC1)NC(=O)NC1CC1. The Morgan fingerprint density at radius 2 is 2.00 bits per heavy atom. The number of morpholine rings is 1. The van der Waals surface area contributed by atoms with Crippen LogP contribution < -0.4 is 20.9 Å². The van der Waals surface area contributed by atoms with Crippen molar-refractivity contribution in [2.24, 2.45) is 0 Å². The fraction of sp³-hybridized carbons (Fsp3) is 0.500. The van der Waals surface area contributed by atoms with E-state index in [2.05, 4.69) is 20.9 Å². The largest absolute Gasteiger partial charge is 0.378 e. The summed E-state index contributed by atoms with van der Waals surface area (Å²) in [5.74, 6) is -0.388. The lowest BCUT2D eigenvalue weighted by Crippen LogP contribution is -2.43. The van der Waals surface area contributed by atoms with Gasteiger partial charge in [0.2, 0.25) is 5.91 Å². The molecule has 0 spiro atoms. The Morgan fingerprint density at radius 1 is 1.25 bits per heavy atom. The predicted molar refractivity (Wildman–Crippen MR) is 92.7 cm³/mol. The van der Waals surface area contributed by atoms with E-state index in [4.69, 9.17) is 16.3 Å². The quantitative estimate of drug-likeness (QED) is 0.749. The zero-order chi connectivity index (χ0) is 16.9. The van der Waals surface area contributed by atoms with Gasteiger partial charge >= 0.3 is 6.03 Å².